The van der Waals surface area contributed by atoms with E-state index in [-0.39, 0.29) is 36.7 Å². The fourth-order valence-electron chi connectivity index (χ4n) is 6.10. The summed E-state index contributed by atoms with van der Waals surface area (Å²) in [5.41, 5.74) is -2.51. The SMILES string of the molecule is CCC(=O)N1CC[C@H]1C(=O)Oc1c2n(cc(C(=O)NCc3c(F)cc(F)cc3F)c1=O)CC1O[C@@H]3CC[C@@H](C3)N1C2=O. The van der Waals surface area contributed by atoms with E-state index < -0.39 is 76.4 Å². The van der Waals surface area contributed by atoms with Crippen molar-refractivity contribution in [3.63, 3.8) is 0 Å². The van der Waals surface area contributed by atoms with E-state index in [1.165, 1.54) is 14.4 Å². The highest BCUT2D eigenvalue weighted by Crippen LogP contribution is 2.39. The predicted molar refractivity (Wildman–Crippen MR) is 137 cm³/mol. The Morgan fingerprint density at radius 3 is 2.50 bits per heavy atom. The van der Waals surface area contributed by atoms with Crippen LogP contribution in [0.5, 0.6) is 5.75 Å². The molecule has 1 N–H and O–H groups in total. The number of amides is 3. The fourth-order valence-corrected chi connectivity index (χ4v) is 6.10. The molecule has 3 fully saturated rings. The van der Waals surface area contributed by atoms with Crippen molar-refractivity contribution < 1.29 is 41.8 Å². The molecule has 14 heteroatoms. The number of nitrogens with zero attached hydrogens (tertiary/aromatic N) is 3. The lowest BCUT2D eigenvalue weighted by Crippen LogP contribution is -2.58. The second kappa shape index (κ2) is 10.6. The number of carbonyl (C=O) groups excluding carboxylic acids is 4. The Morgan fingerprint density at radius 1 is 1.10 bits per heavy atom. The maximum atomic E-state index is 14.1. The zero-order chi connectivity index (χ0) is 29.9. The first-order valence-electron chi connectivity index (χ1n) is 13.8. The molecule has 0 radical (unpaired) electrons. The number of halogens is 3. The van der Waals surface area contributed by atoms with Gasteiger partial charge in [-0.25, -0.2) is 18.0 Å². The number of ether oxygens (including phenoxy) is 2. The monoisotopic (exact) mass is 588 g/mol. The minimum Gasteiger partial charge on any atom is -0.418 e. The van der Waals surface area contributed by atoms with Crippen LogP contribution in [0.1, 0.15) is 65.4 Å². The van der Waals surface area contributed by atoms with Crippen molar-refractivity contribution >= 4 is 23.7 Å². The van der Waals surface area contributed by atoms with E-state index in [1.807, 2.05) is 0 Å². The predicted octanol–water partition coefficient (Wildman–Crippen LogP) is 1.85. The molecule has 11 nitrogen and oxygen atoms in total. The van der Waals surface area contributed by atoms with Gasteiger partial charge >= 0.3 is 5.97 Å². The average molecular weight is 589 g/mol. The van der Waals surface area contributed by atoms with E-state index in [0.29, 0.717) is 37.9 Å². The number of rotatable bonds is 6. The summed E-state index contributed by atoms with van der Waals surface area (Å²) in [6, 6.07) is -0.170. The third-order valence-electron chi connectivity index (χ3n) is 8.33. The number of fused-ring (bicyclic) bond motifs is 5. The number of pyridine rings is 1. The van der Waals surface area contributed by atoms with Crippen LogP contribution in [0.4, 0.5) is 13.2 Å². The Kier molecular flexibility index (Phi) is 7.03. The fraction of sp³-hybridized carbons (Fsp3) is 0.464. The van der Waals surface area contributed by atoms with Gasteiger partial charge in [-0.05, 0) is 25.7 Å². The van der Waals surface area contributed by atoms with Crippen LogP contribution in [0.25, 0.3) is 0 Å². The minimum absolute atomic E-state index is 0.0320. The molecule has 2 saturated heterocycles. The van der Waals surface area contributed by atoms with Crippen LogP contribution >= 0.6 is 0 Å². The van der Waals surface area contributed by atoms with Gasteiger partial charge in [-0.3, -0.25) is 19.2 Å². The van der Waals surface area contributed by atoms with Crippen molar-refractivity contribution in [1.82, 2.24) is 19.7 Å². The maximum absolute atomic E-state index is 14.1. The summed E-state index contributed by atoms with van der Waals surface area (Å²) in [6.45, 7) is 1.29. The molecule has 42 heavy (non-hydrogen) atoms. The summed E-state index contributed by atoms with van der Waals surface area (Å²) in [4.78, 5) is 68.7. The summed E-state index contributed by atoms with van der Waals surface area (Å²) < 4.78 is 54.4. The normalized spacial score (nSPS) is 24.0. The van der Waals surface area contributed by atoms with E-state index in [1.54, 1.807) is 6.92 Å². The number of hydrogen-bond donors (Lipinski definition) is 1. The highest BCUT2D eigenvalue weighted by atomic mass is 19.1. The van der Waals surface area contributed by atoms with E-state index in [4.69, 9.17) is 9.47 Å². The third-order valence-corrected chi connectivity index (χ3v) is 8.33. The third kappa shape index (κ3) is 4.63. The molecule has 1 aliphatic carbocycles. The van der Waals surface area contributed by atoms with Gasteiger partial charge in [-0.1, -0.05) is 6.92 Å². The summed E-state index contributed by atoms with van der Waals surface area (Å²) >= 11 is 0. The molecular weight excluding hydrogens is 561 g/mol. The smallest absolute Gasteiger partial charge is 0.334 e. The summed E-state index contributed by atoms with van der Waals surface area (Å²) in [5, 5.41) is 2.24. The van der Waals surface area contributed by atoms with E-state index >= 15 is 0 Å². The van der Waals surface area contributed by atoms with Gasteiger partial charge in [0.1, 0.15) is 29.1 Å². The topological polar surface area (TPSA) is 127 Å². The lowest BCUT2D eigenvalue weighted by Gasteiger charge is -2.44. The van der Waals surface area contributed by atoms with Crippen molar-refractivity contribution in [2.45, 2.75) is 76.5 Å². The first-order valence-corrected chi connectivity index (χ1v) is 13.8. The molecule has 1 saturated carbocycles. The summed E-state index contributed by atoms with van der Waals surface area (Å²) in [5.74, 6) is -7.15. The number of esters is 1. The number of likely N-dealkylation sites (tertiary alicyclic amines) is 1. The molecule has 0 spiro atoms. The first-order chi connectivity index (χ1) is 20.1. The maximum Gasteiger partial charge on any atom is 0.334 e. The van der Waals surface area contributed by atoms with Gasteiger partial charge in [0.25, 0.3) is 11.8 Å². The molecule has 2 bridgehead atoms. The van der Waals surface area contributed by atoms with Gasteiger partial charge in [0.2, 0.25) is 17.1 Å². The number of benzene rings is 1. The van der Waals surface area contributed by atoms with Crippen LogP contribution in [0.2, 0.25) is 0 Å². The molecule has 3 amide bonds. The molecule has 4 aliphatic rings. The molecular formula is C28H27F3N4O7. The van der Waals surface area contributed by atoms with Crippen molar-refractivity contribution in [2.75, 3.05) is 6.54 Å². The molecule has 4 atom stereocenters. The van der Waals surface area contributed by atoms with E-state index in [9.17, 15) is 37.1 Å². The Morgan fingerprint density at radius 2 is 1.83 bits per heavy atom. The van der Waals surface area contributed by atoms with Crippen molar-refractivity contribution in [3.8, 4) is 5.75 Å². The lowest BCUT2D eigenvalue weighted by molar-refractivity contribution is -0.155. The second-order valence-electron chi connectivity index (χ2n) is 10.8. The van der Waals surface area contributed by atoms with Crippen molar-refractivity contribution in [2.24, 2.45) is 0 Å². The minimum atomic E-state index is -1.23. The molecule has 1 aromatic heterocycles. The van der Waals surface area contributed by atoms with Crippen LogP contribution in [0.15, 0.2) is 23.1 Å². The van der Waals surface area contributed by atoms with E-state index in [2.05, 4.69) is 5.32 Å². The molecule has 1 unspecified atom stereocenters. The Labute approximate surface area is 237 Å². The van der Waals surface area contributed by atoms with Crippen molar-refractivity contribution in [1.29, 1.82) is 0 Å². The highest BCUT2D eigenvalue weighted by molar-refractivity contribution is 6.00. The zero-order valence-electron chi connectivity index (χ0n) is 22.5. The van der Waals surface area contributed by atoms with Crippen LogP contribution in [-0.2, 0) is 27.4 Å². The van der Waals surface area contributed by atoms with Gasteiger partial charge in [-0.15, -0.1) is 0 Å². The average Bonchev–Trinajstić information content (AvgIpc) is 3.29. The molecule has 1 aromatic carbocycles. The largest absolute Gasteiger partial charge is 0.418 e. The Balaban J connectivity index is 1.36. The zero-order valence-corrected chi connectivity index (χ0v) is 22.5. The Hall–Kier alpha value is -4.20. The second-order valence-corrected chi connectivity index (χ2v) is 10.8. The van der Waals surface area contributed by atoms with Gasteiger partial charge in [0.05, 0.1) is 12.6 Å². The molecule has 3 aliphatic heterocycles. The van der Waals surface area contributed by atoms with Gasteiger partial charge < -0.3 is 29.2 Å². The Bertz CT molecular complexity index is 1550. The van der Waals surface area contributed by atoms with Gasteiger partial charge in [0.15, 0.2) is 11.9 Å². The van der Waals surface area contributed by atoms with Crippen LogP contribution in [0, 0.1) is 17.5 Å². The summed E-state index contributed by atoms with van der Waals surface area (Å²) in [7, 11) is 0. The number of nitrogens with one attached hydrogen (secondary N) is 1. The van der Waals surface area contributed by atoms with Crippen LogP contribution in [-0.4, -0.2) is 69.0 Å². The number of aromatic nitrogens is 1. The van der Waals surface area contributed by atoms with Gasteiger partial charge in [-0.2, -0.15) is 0 Å². The van der Waals surface area contributed by atoms with Crippen LogP contribution in [0.3, 0.4) is 0 Å². The van der Waals surface area contributed by atoms with E-state index in [0.717, 1.165) is 12.6 Å². The van der Waals surface area contributed by atoms with Crippen LogP contribution < -0.4 is 15.5 Å². The molecule has 6 rings (SSSR count). The van der Waals surface area contributed by atoms with Crippen molar-refractivity contribution in [3.05, 3.63) is 62.8 Å². The number of carbonyl (C=O) groups is 4. The number of hydrogen-bond acceptors (Lipinski definition) is 7. The first kappa shape index (κ1) is 27.9. The van der Waals surface area contributed by atoms with Gasteiger partial charge in [0, 0.05) is 49.4 Å². The molecule has 222 valence electrons. The lowest BCUT2D eigenvalue weighted by atomic mass is 10.0. The highest BCUT2D eigenvalue weighted by Gasteiger charge is 2.48. The molecule has 2 aromatic rings. The quantitative estimate of drug-likeness (QED) is 0.511. The standard InChI is InChI=1S/C28H27F3N4O7/c1-2-21(36)34-6-5-20(34)28(40)42-25-23-27(39)35-14-3-4-15(9-14)41-22(35)12-33(23)11-17(24(25)37)26(38)32-10-16-18(30)7-13(29)8-19(16)31/h7-8,11,14-15,20,22H,2-6,9-10,12H2,1H3,(H,32,38)/t14-,15+,20-,22?/m0/s1. The summed E-state index contributed by atoms with van der Waals surface area (Å²) in [6.07, 6.45) is 2.96. The molecule has 4 heterocycles.